The molecule has 2 aliphatic rings. The summed E-state index contributed by atoms with van der Waals surface area (Å²) in [5.74, 6) is 1.12. The van der Waals surface area contributed by atoms with Crippen LogP contribution in [-0.4, -0.2) is 31.4 Å². The Balaban J connectivity index is 1.63. The van der Waals surface area contributed by atoms with Crippen molar-refractivity contribution in [3.05, 3.63) is 84.4 Å². The van der Waals surface area contributed by atoms with Crippen LogP contribution in [0.2, 0.25) is 0 Å². The molecule has 1 saturated heterocycles. The van der Waals surface area contributed by atoms with Crippen LogP contribution in [0.15, 0.2) is 78.0 Å². The van der Waals surface area contributed by atoms with E-state index < -0.39 is 0 Å². The van der Waals surface area contributed by atoms with Crippen molar-refractivity contribution in [2.75, 3.05) is 5.75 Å². The first-order chi connectivity index (χ1) is 13.4. The molecule has 0 N–H and O–H groups in total. The highest BCUT2D eigenvalue weighted by Gasteiger charge is 2.46. The lowest BCUT2D eigenvalue weighted by molar-refractivity contribution is 0.249. The third-order valence-electron chi connectivity index (χ3n) is 5.45. The quantitative estimate of drug-likeness (QED) is 0.654. The summed E-state index contributed by atoms with van der Waals surface area (Å²) in [4.78, 5) is 12.3. The lowest BCUT2D eigenvalue weighted by Gasteiger charge is -2.32. The van der Waals surface area contributed by atoms with Gasteiger partial charge in [0.1, 0.15) is 12.1 Å². The average molecular weight is 375 g/mol. The van der Waals surface area contributed by atoms with Gasteiger partial charge in [-0.1, -0.05) is 43.0 Å². The predicted octanol–water partition coefficient (Wildman–Crippen LogP) is 4.85. The molecule has 0 bridgehead atoms. The fourth-order valence-corrected chi connectivity index (χ4v) is 5.47. The zero-order valence-corrected chi connectivity index (χ0v) is 16.1. The Morgan fingerprint density at radius 3 is 2.67 bits per heavy atom. The molecule has 3 atom stereocenters. The Labute approximate surface area is 164 Å². The molecular weight excluding hydrogens is 352 g/mol. The van der Waals surface area contributed by atoms with E-state index in [1.807, 2.05) is 24.0 Å². The van der Waals surface area contributed by atoms with E-state index in [1.165, 1.54) is 16.5 Å². The van der Waals surface area contributed by atoms with Gasteiger partial charge in [-0.15, -0.1) is 0 Å². The first kappa shape index (κ1) is 16.6. The van der Waals surface area contributed by atoms with Crippen LogP contribution in [0.4, 0.5) is 0 Å². The van der Waals surface area contributed by atoms with Gasteiger partial charge in [0.15, 0.2) is 5.17 Å². The van der Waals surface area contributed by atoms with Gasteiger partial charge in [-0.05, 0) is 42.8 Å². The van der Waals surface area contributed by atoms with Crippen LogP contribution in [0.25, 0.3) is 5.69 Å². The summed E-state index contributed by atoms with van der Waals surface area (Å²) >= 11 is 1.89. The number of para-hydroxylation sites is 1. The van der Waals surface area contributed by atoms with E-state index >= 15 is 0 Å². The number of fused-ring (bicyclic) bond motifs is 1. The SMILES string of the molecule is CCC1CSC2=NC(c3ccccn3)C(c3cccn3-c3ccccc3)N21. The van der Waals surface area contributed by atoms with Crippen LogP contribution in [0, 0.1) is 0 Å². The van der Waals surface area contributed by atoms with Gasteiger partial charge in [-0.2, -0.15) is 0 Å². The number of thioether (sulfide) groups is 1. The number of pyridine rings is 1. The van der Waals surface area contributed by atoms with Crippen LogP contribution in [0.3, 0.4) is 0 Å². The molecule has 3 unspecified atom stereocenters. The van der Waals surface area contributed by atoms with E-state index in [0.717, 1.165) is 17.9 Å². The fraction of sp³-hybridized carbons (Fsp3) is 0.273. The Morgan fingerprint density at radius 1 is 1.04 bits per heavy atom. The van der Waals surface area contributed by atoms with E-state index in [9.17, 15) is 0 Å². The molecular formula is C22H22N4S. The number of aliphatic imine (C=N–C) groups is 1. The van der Waals surface area contributed by atoms with Crippen molar-refractivity contribution in [2.24, 2.45) is 4.99 Å². The summed E-state index contributed by atoms with van der Waals surface area (Å²) in [6.07, 6.45) is 5.16. The van der Waals surface area contributed by atoms with Crippen molar-refractivity contribution in [3.63, 3.8) is 0 Å². The number of hydrogen-bond donors (Lipinski definition) is 0. The Hall–Kier alpha value is -2.53. The van der Waals surface area contributed by atoms with E-state index in [-0.39, 0.29) is 12.1 Å². The van der Waals surface area contributed by atoms with Crippen molar-refractivity contribution in [1.29, 1.82) is 0 Å². The molecule has 5 rings (SSSR count). The van der Waals surface area contributed by atoms with Crippen LogP contribution in [-0.2, 0) is 0 Å². The highest BCUT2D eigenvalue weighted by molar-refractivity contribution is 8.14. The molecule has 5 heteroatoms. The molecule has 4 heterocycles. The zero-order valence-electron chi connectivity index (χ0n) is 15.3. The average Bonchev–Trinajstić information content (AvgIpc) is 3.44. The molecule has 4 nitrogen and oxygen atoms in total. The highest BCUT2D eigenvalue weighted by Crippen LogP contribution is 2.48. The molecule has 0 saturated carbocycles. The van der Waals surface area contributed by atoms with Crippen LogP contribution >= 0.6 is 11.8 Å². The summed E-state index contributed by atoms with van der Waals surface area (Å²) < 4.78 is 2.30. The van der Waals surface area contributed by atoms with E-state index in [4.69, 9.17) is 4.99 Å². The zero-order chi connectivity index (χ0) is 18.2. The minimum absolute atomic E-state index is 0.0282. The first-order valence-corrected chi connectivity index (χ1v) is 10.5. The number of rotatable bonds is 4. The number of nitrogens with zero attached hydrogens (tertiary/aromatic N) is 4. The van der Waals surface area contributed by atoms with Crippen molar-refractivity contribution < 1.29 is 0 Å². The normalized spacial score (nSPS) is 24.1. The maximum absolute atomic E-state index is 5.12. The highest BCUT2D eigenvalue weighted by atomic mass is 32.2. The topological polar surface area (TPSA) is 33.4 Å². The predicted molar refractivity (Wildman–Crippen MR) is 111 cm³/mol. The lowest BCUT2D eigenvalue weighted by Crippen LogP contribution is -2.36. The van der Waals surface area contributed by atoms with Gasteiger partial charge in [0, 0.05) is 35.6 Å². The van der Waals surface area contributed by atoms with Crippen LogP contribution in [0.5, 0.6) is 0 Å². The van der Waals surface area contributed by atoms with Gasteiger partial charge in [0.2, 0.25) is 0 Å². The third kappa shape index (κ3) is 2.77. The molecule has 27 heavy (non-hydrogen) atoms. The van der Waals surface area contributed by atoms with E-state index in [1.54, 1.807) is 0 Å². The summed E-state index contributed by atoms with van der Waals surface area (Å²) in [6.45, 7) is 2.27. The summed E-state index contributed by atoms with van der Waals surface area (Å²) in [7, 11) is 0. The number of hydrogen-bond acceptors (Lipinski definition) is 4. The van der Waals surface area contributed by atoms with Gasteiger partial charge >= 0.3 is 0 Å². The van der Waals surface area contributed by atoms with Crippen molar-refractivity contribution >= 4 is 16.9 Å². The first-order valence-electron chi connectivity index (χ1n) is 9.49. The molecule has 2 aliphatic heterocycles. The monoisotopic (exact) mass is 374 g/mol. The Kier molecular flexibility index (Phi) is 4.24. The molecule has 0 amide bonds. The second kappa shape index (κ2) is 6.89. The largest absolute Gasteiger partial charge is 0.337 e. The third-order valence-corrected chi connectivity index (χ3v) is 6.57. The van der Waals surface area contributed by atoms with Crippen molar-refractivity contribution in [1.82, 2.24) is 14.5 Å². The van der Waals surface area contributed by atoms with Crippen LogP contribution in [0.1, 0.15) is 36.8 Å². The standard InChI is InChI=1S/C22H22N4S/c1-2-16-15-27-22-24-20(18-11-6-7-13-23-18)21(26(16)22)19-12-8-14-25(19)17-9-4-3-5-10-17/h3-14,16,20-21H,2,15H2,1H3. The molecule has 3 aromatic rings. The summed E-state index contributed by atoms with van der Waals surface area (Å²) in [5, 5.41) is 1.17. The van der Waals surface area contributed by atoms with E-state index in [0.29, 0.717) is 6.04 Å². The maximum atomic E-state index is 5.12. The lowest BCUT2D eigenvalue weighted by atomic mass is 9.99. The maximum Gasteiger partial charge on any atom is 0.160 e. The fourth-order valence-electron chi connectivity index (χ4n) is 4.13. The minimum atomic E-state index is 0.0282. The molecule has 0 spiro atoms. The molecule has 2 aromatic heterocycles. The van der Waals surface area contributed by atoms with Gasteiger partial charge < -0.3 is 9.47 Å². The van der Waals surface area contributed by atoms with Gasteiger partial charge in [-0.25, -0.2) is 0 Å². The smallest absolute Gasteiger partial charge is 0.160 e. The molecule has 1 aromatic carbocycles. The van der Waals surface area contributed by atoms with E-state index in [2.05, 4.69) is 82.2 Å². The van der Waals surface area contributed by atoms with Crippen LogP contribution < -0.4 is 0 Å². The second-order valence-corrected chi connectivity index (χ2v) is 7.96. The van der Waals surface area contributed by atoms with Crippen molar-refractivity contribution in [3.8, 4) is 5.69 Å². The van der Waals surface area contributed by atoms with Gasteiger partial charge in [-0.3, -0.25) is 9.98 Å². The number of amidine groups is 1. The molecule has 1 fully saturated rings. The van der Waals surface area contributed by atoms with Gasteiger partial charge in [0.05, 0.1) is 5.69 Å². The molecule has 136 valence electrons. The van der Waals surface area contributed by atoms with Gasteiger partial charge in [0.25, 0.3) is 0 Å². The second-order valence-electron chi connectivity index (χ2n) is 6.97. The molecule has 0 aliphatic carbocycles. The summed E-state index contributed by atoms with van der Waals surface area (Å²) in [5.41, 5.74) is 3.50. The Bertz CT molecular complexity index is 951. The van der Waals surface area contributed by atoms with Crippen molar-refractivity contribution in [2.45, 2.75) is 31.5 Å². The number of aromatic nitrogens is 2. The number of benzene rings is 1. The molecule has 0 radical (unpaired) electrons. The summed E-state index contributed by atoms with van der Waals surface area (Å²) in [6, 6.07) is 21.8. The minimum Gasteiger partial charge on any atom is -0.337 e. The Morgan fingerprint density at radius 2 is 1.89 bits per heavy atom.